The Labute approximate surface area is 181 Å². The maximum absolute atomic E-state index is 12.3. The lowest BCUT2D eigenvalue weighted by molar-refractivity contribution is 0.0674. The van der Waals surface area contributed by atoms with Crippen molar-refractivity contribution in [3.63, 3.8) is 0 Å². The molecular weight excluding hydrogens is 376 g/mol. The molecule has 0 amide bonds. The van der Waals surface area contributed by atoms with Gasteiger partial charge in [0, 0.05) is 0 Å². The Morgan fingerprint density at radius 1 is 0.733 bits per heavy atom. The van der Waals surface area contributed by atoms with Crippen LogP contribution in [-0.4, -0.2) is 22.2 Å². The molecule has 4 atom stereocenters. The molecule has 3 rings (SSSR count). The molecule has 0 aromatic heterocycles. The van der Waals surface area contributed by atoms with E-state index in [1.54, 1.807) is 0 Å². The third kappa shape index (κ3) is 4.73. The zero-order chi connectivity index (χ0) is 22.4. The van der Waals surface area contributed by atoms with Crippen LogP contribution >= 0.6 is 0 Å². The Hall–Kier alpha value is -1.84. The summed E-state index contributed by atoms with van der Waals surface area (Å²) in [5.41, 5.74) is 2.48. The van der Waals surface area contributed by atoms with E-state index in [0.29, 0.717) is 23.0 Å². The van der Waals surface area contributed by atoms with Crippen molar-refractivity contribution in [2.75, 3.05) is 0 Å². The van der Waals surface area contributed by atoms with Gasteiger partial charge in [-0.1, -0.05) is 41.5 Å². The fourth-order valence-electron chi connectivity index (χ4n) is 7.02. The molecule has 2 fully saturated rings. The molecule has 0 aliphatic heterocycles. The average molecular weight is 415 g/mol. The van der Waals surface area contributed by atoms with E-state index in [-0.39, 0.29) is 22.7 Å². The van der Waals surface area contributed by atoms with Gasteiger partial charge in [-0.3, -0.25) is 0 Å². The topological polar surface area (TPSA) is 74.6 Å². The molecular formula is C26H38O4. The summed E-state index contributed by atoms with van der Waals surface area (Å²) in [6.45, 7) is 13.5. The second-order valence-corrected chi connectivity index (χ2v) is 11.8. The molecule has 30 heavy (non-hydrogen) atoms. The van der Waals surface area contributed by atoms with Crippen molar-refractivity contribution in [1.82, 2.24) is 0 Å². The van der Waals surface area contributed by atoms with Gasteiger partial charge in [-0.25, -0.2) is 9.59 Å². The molecule has 2 aliphatic rings. The Morgan fingerprint density at radius 2 is 1.07 bits per heavy atom. The molecule has 4 heteroatoms. The summed E-state index contributed by atoms with van der Waals surface area (Å²) < 4.78 is 0. The van der Waals surface area contributed by atoms with E-state index in [1.807, 2.05) is 0 Å². The molecule has 1 aromatic carbocycles. The van der Waals surface area contributed by atoms with E-state index < -0.39 is 11.9 Å². The first-order valence-corrected chi connectivity index (χ1v) is 11.4. The Morgan fingerprint density at radius 3 is 1.33 bits per heavy atom. The number of carbonyl (C=O) groups is 2. The van der Waals surface area contributed by atoms with E-state index in [2.05, 4.69) is 41.5 Å². The minimum atomic E-state index is -0.942. The summed E-state index contributed by atoms with van der Waals surface area (Å²) in [4.78, 5) is 24.5. The summed E-state index contributed by atoms with van der Waals surface area (Å²) in [5.74, 6) is -0.731. The van der Waals surface area contributed by atoms with Gasteiger partial charge in [-0.15, -0.1) is 0 Å². The van der Waals surface area contributed by atoms with Gasteiger partial charge in [-0.05, 0) is 96.3 Å². The van der Waals surface area contributed by atoms with Crippen molar-refractivity contribution in [2.24, 2.45) is 22.7 Å². The first kappa shape index (κ1) is 22.8. The van der Waals surface area contributed by atoms with Gasteiger partial charge < -0.3 is 10.2 Å². The molecule has 2 N–H and O–H groups in total. The minimum Gasteiger partial charge on any atom is -0.478 e. The fraction of sp³-hybridized carbons (Fsp3) is 0.692. The first-order valence-electron chi connectivity index (χ1n) is 11.4. The van der Waals surface area contributed by atoms with Gasteiger partial charge in [0.1, 0.15) is 0 Å². The first-order chi connectivity index (χ1) is 13.8. The van der Waals surface area contributed by atoms with Gasteiger partial charge in [-0.2, -0.15) is 0 Å². The van der Waals surface area contributed by atoms with Crippen LogP contribution in [0.25, 0.3) is 0 Å². The van der Waals surface area contributed by atoms with Crippen LogP contribution in [0.4, 0.5) is 0 Å². The lowest BCUT2D eigenvalue weighted by Gasteiger charge is -2.43. The van der Waals surface area contributed by atoms with Gasteiger partial charge >= 0.3 is 11.9 Å². The highest BCUT2D eigenvalue weighted by molar-refractivity contribution is 5.95. The van der Waals surface area contributed by atoms with Crippen LogP contribution in [0.1, 0.15) is 124 Å². The summed E-state index contributed by atoms with van der Waals surface area (Å²) >= 11 is 0. The number of rotatable bonds is 4. The van der Waals surface area contributed by atoms with Gasteiger partial charge in [0.05, 0.1) is 11.1 Å². The van der Waals surface area contributed by atoms with Crippen LogP contribution < -0.4 is 0 Å². The molecule has 0 radical (unpaired) electrons. The molecule has 0 spiro atoms. The number of hydrogen-bond acceptors (Lipinski definition) is 2. The molecule has 166 valence electrons. The average Bonchev–Trinajstić information content (AvgIpc) is 2.56. The molecule has 0 bridgehead atoms. The molecule has 0 unspecified atom stereocenters. The van der Waals surface area contributed by atoms with Crippen LogP contribution in [0.15, 0.2) is 12.1 Å². The Balaban J connectivity index is 2.24. The van der Waals surface area contributed by atoms with E-state index in [9.17, 15) is 19.8 Å². The highest BCUT2D eigenvalue weighted by atomic mass is 16.4. The van der Waals surface area contributed by atoms with Crippen LogP contribution in [0, 0.1) is 22.7 Å². The molecule has 2 saturated carbocycles. The normalized spacial score (nSPS) is 30.6. The van der Waals surface area contributed by atoms with Crippen molar-refractivity contribution in [3.8, 4) is 0 Å². The number of carboxylic acids is 2. The highest BCUT2D eigenvalue weighted by Crippen LogP contribution is 2.52. The Bertz CT molecular complexity index is 767. The SMILES string of the molecule is C[C@H]1C[C@@H](c2c(C(=O)O)ccc(C(=O)O)c2[C@@H]2C[C@H](C)CC(C)(C)C2)CC(C)(C)C1. The van der Waals surface area contributed by atoms with Crippen molar-refractivity contribution < 1.29 is 19.8 Å². The number of carboxylic acid groups (broad SMARTS) is 2. The van der Waals surface area contributed by atoms with Gasteiger partial charge in [0.25, 0.3) is 0 Å². The summed E-state index contributed by atoms with van der Waals surface area (Å²) in [6.07, 6.45) is 5.89. The molecule has 1 aromatic rings. The quantitative estimate of drug-likeness (QED) is 0.559. The van der Waals surface area contributed by atoms with Gasteiger partial charge in [0.2, 0.25) is 0 Å². The monoisotopic (exact) mass is 414 g/mol. The third-order valence-corrected chi connectivity index (χ3v) is 7.34. The predicted molar refractivity (Wildman–Crippen MR) is 119 cm³/mol. The maximum atomic E-state index is 12.3. The lowest BCUT2D eigenvalue weighted by atomic mass is 9.61. The molecule has 2 aliphatic carbocycles. The predicted octanol–water partition coefficient (Wildman–Crippen LogP) is 6.94. The van der Waals surface area contributed by atoms with Crippen molar-refractivity contribution in [3.05, 3.63) is 34.4 Å². The largest absolute Gasteiger partial charge is 0.478 e. The lowest BCUT2D eigenvalue weighted by Crippen LogP contribution is -2.31. The second-order valence-electron chi connectivity index (χ2n) is 11.8. The maximum Gasteiger partial charge on any atom is 0.335 e. The van der Waals surface area contributed by atoms with E-state index in [1.165, 1.54) is 12.1 Å². The van der Waals surface area contributed by atoms with E-state index >= 15 is 0 Å². The van der Waals surface area contributed by atoms with Crippen molar-refractivity contribution in [2.45, 2.75) is 91.9 Å². The number of aromatic carboxylic acids is 2. The standard InChI is InChI=1S/C26H38O4/c1-15-9-17(13-25(3,4)11-15)21-19(23(27)28)7-8-20(24(29)30)22(21)18-10-16(2)12-26(5,6)14-18/h7-8,15-18H,9-14H2,1-6H3,(H,27,28)(H,29,30)/t15-,16-,17+,18+/m0/s1. The molecule has 4 nitrogen and oxygen atoms in total. The summed E-state index contributed by atoms with van der Waals surface area (Å²) in [6, 6.07) is 3.07. The Kier molecular flexibility index (Phi) is 6.10. The second kappa shape index (κ2) is 8.01. The number of hydrogen-bond donors (Lipinski definition) is 2. The minimum absolute atomic E-state index is 0.0875. The summed E-state index contributed by atoms with van der Waals surface area (Å²) in [7, 11) is 0. The third-order valence-electron chi connectivity index (χ3n) is 7.34. The van der Waals surface area contributed by atoms with Crippen molar-refractivity contribution >= 4 is 11.9 Å². The zero-order valence-electron chi connectivity index (χ0n) is 19.4. The smallest absolute Gasteiger partial charge is 0.335 e. The van der Waals surface area contributed by atoms with E-state index in [4.69, 9.17) is 0 Å². The fourth-order valence-corrected chi connectivity index (χ4v) is 7.02. The van der Waals surface area contributed by atoms with Crippen molar-refractivity contribution in [1.29, 1.82) is 0 Å². The molecule has 0 heterocycles. The summed E-state index contributed by atoms with van der Waals surface area (Å²) in [5, 5.41) is 20.1. The van der Waals surface area contributed by atoms with Gasteiger partial charge in [0.15, 0.2) is 0 Å². The zero-order valence-corrected chi connectivity index (χ0v) is 19.4. The van der Waals surface area contributed by atoms with E-state index in [0.717, 1.165) is 49.7 Å². The molecule has 0 saturated heterocycles. The highest BCUT2D eigenvalue weighted by Gasteiger charge is 2.40. The van der Waals surface area contributed by atoms with Crippen LogP contribution in [0.5, 0.6) is 0 Å². The van der Waals surface area contributed by atoms with Crippen LogP contribution in [0.3, 0.4) is 0 Å². The number of benzene rings is 1. The van der Waals surface area contributed by atoms with Crippen LogP contribution in [-0.2, 0) is 0 Å². The van der Waals surface area contributed by atoms with Crippen LogP contribution in [0.2, 0.25) is 0 Å².